The molecule has 1 fully saturated rings. The van der Waals surface area contributed by atoms with E-state index in [0.29, 0.717) is 36.9 Å². The van der Waals surface area contributed by atoms with E-state index in [2.05, 4.69) is 32.6 Å². The molecular weight excluding hydrogens is 440 g/mol. The van der Waals surface area contributed by atoms with Gasteiger partial charge in [0.05, 0.1) is 18.2 Å². The van der Waals surface area contributed by atoms with Gasteiger partial charge in [0, 0.05) is 18.7 Å². The van der Waals surface area contributed by atoms with Crippen molar-refractivity contribution in [2.75, 3.05) is 32.8 Å². The molecule has 1 saturated heterocycles. The number of likely N-dealkylation sites (tertiary alicyclic amines) is 1. The lowest BCUT2D eigenvalue weighted by Gasteiger charge is -2.28. The number of rotatable bonds is 11. The van der Waals surface area contributed by atoms with Crippen molar-refractivity contribution in [3.8, 4) is 5.75 Å². The molecule has 0 bridgehead atoms. The third-order valence-electron chi connectivity index (χ3n) is 6.59. The van der Waals surface area contributed by atoms with Crippen LogP contribution >= 0.6 is 0 Å². The number of nitrogens with zero attached hydrogens (tertiary/aromatic N) is 2. The first kappa shape index (κ1) is 26.5. The molecule has 188 valence electrons. The number of hydrogen-bond acceptors (Lipinski definition) is 5. The van der Waals surface area contributed by atoms with Crippen LogP contribution in [0.15, 0.2) is 54.1 Å². The van der Waals surface area contributed by atoms with Crippen molar-refractivity contribution in [1.82, 2.24) is 9.80 Å². The van der Waals surface area contributed by atoms with E-state index in [4.69, 9.17) is 4.74 Å². The number of amides is 1. The summed E-state index contributed by atoms with van der Waals surface area (Å²) in [5.41, 5.74) is 2.58. The fourth-order valence-corrected chi connectivity index (χ4v) is 4.42. The number of aliphatic hydroxyl groups excluding tert-OH is 1. The number of carbonyl (C=O) groups excluding carboxylic acids is 2. The number of benzene rings is 2. The molecule has 1 aliphatic rings. The number of Topliss-reactive ketones (excluding diaryl/α,β-unsaturated/α-hetero) is 1. The summed E-state index contributed by atoms with van der Waals surface area (Å²) in [6.45, 7) is 13.8. The van der Waals surface area contributed by atoms with Gasteiger partial charge in [0.25, 0.3) is 11.7 Å². The summed E-state index contributed by atoms with van der Waals surface area (Å²) < 4.78 is 5.71. The van der Waals surface area contributed by atoms with E-state index < -0.39 is 17.7 Å². The van der Waals surface area contributed by atoms with E-state index in [9.17, 15) is 14.7 Å². The zero-order valence-electron chi connectivity index (χ0n) is 21.6. The third-order valence-corrected chi connectivity index (χ3v) is 6.59. The molecule has 2 aromatic rings. The van der Waals surface area contributed by atoms with Gasteiger partial charge in [0.1, 0.15) is 11.5 Å². The van der Waals surface area contributed by atoms with Crippen LogP contribution in [0.4, 0.5) is 0 Å². The molecule has 1 unspecified atom stereocenters. The number of carbonyl (C=O) groups is 2. The summed E-state index contributed by atoms with van der Waals surface area (Å²) in [6, 6.07) is 14.4. The fraction of sp³-hybridized carbons (Fsp3) is 0.448. The molecule has 0 saturated carbocycles. The zero-order valence-corrected chi connectivity index (χ0v) is 21.6. The Morgan fingerprint density at radius 1 is 1.06 bits per heavy atom. The maximum Gasteiger partial charge on any atom is 0.295 e. The minimum Gasteiger partial charge on any atom is -0.507 e. The third kappa shape index (κ3) is 5.93. The molecule has 6 heteroatoms. The summed E-state index contributed by atoms with van der Waals surface area (Å²) >= 11 is 0. The lowest BCUT2D eigenvalue weighted by molar-refractivity contribution is -0.140. The number of hydrogen-bond donors (Lipinski definition) is 1. The quantitative estimate of drug-likeness (QED) is 0.267. The van der Waals surface area contributed by atoms with Gasteiger partial charge in [-0.1, -0.05) is 71.0 Å². The van der Waals surface area contributed by atoms with Crippen molar-refractivity contribution in [3.63, 3.8) is 0 Å². The monoisotopic (exact) mass is 478 g/mol. The van der Waals surface area contributed by atoms with Gasteiger partial charge < -0.3 is 19.6 Å². The minimum absolute atomic E-state index is 0.125. The van der Waals surface area contributed by atoms with Gasteiger partial charge in [-0.2, -0.15) is 0 Å². The van der Waals surface area contributed by atoms with Gasteiger partial charge >= 0.3 is 0 Å². The molecule has 35 heavy (non-hydrogen) atoms. The molecule has 1 atom stereocenters. The van der Waals surface area contributed by atoms with E-state index in [0.717, 1.165) is 25.1 Å². The lowest BCUT2D eigenvalue weighted by atomic mass is 9.93. The molecule has 3 rings (SSSR count). The van der Waals surface area contributed by atoms with Crippen molar-refractivity contribution < 1.29 is 19.4 Å². The van der Waals surface area contributed by atoms with Crippen molar-refractivity contribution in [1.29, 1.82) is 0 Å². The van der Waals surface area contributed by atoms with E-state index in [-0.39, 0.29) is 11.3 Å². The summed E-state index contributed by atoms with van der Waals surface area (Å²) in [7, 11) is 0. The van der Waals surface area contributed by atoms with Gasteiger partial charge in [-0.3, -0.25) is 9.59 Å². The second-order valence-electron chi connectivity index (χ2n) is 9.22. The molecule has 1 aliphatic heterocycles. The Bertz CT molecular complexity index is 1050. The maximum atomic E-state index is 13.3. The second-order valence-corrected chi connectivity index (χ2v) is 9.22. The molecule has 2 aromatic carbocycles. The van der Waals surface area contributed by atoms with Crippen LogP contribution in [0, 0.1) is 0 Å². The number of likely N-dealkylation sites (N-methyl/N-ethyl adjacent to an activating group) is 1. The van der Waals surface area contributed by atoms with Gasteiger partial charge in [0.2, 0.25) is 0 Å². The fourth-order valence-electron chi connectivity index (χ4n) is 4.42. The largest absolute Gasteiger partial charge is 0.507 e. The predicted molar refractivity (Wildman–Crippen MR) is 140 cm³/mol. The van der Waals surface area contributed by atoms with Crippen LogP contribution in [0.25, 0.3) is 5.76 Å². The summed E-state index contributed by atoms with van der Waals surface area (Å²) in [6.07, 6.45) is 0.861. The van der Waals surface area contributed by atoms with Gasteiger partial charge in [-0.15, -0.1) is 0 Å². The Labute approximate surface area is 209 Å². The number of aliphatic hydroxyl groups is 1. The molecule has 1 heterocycles. The average Bonchev–Trinajstić information content (AvgIpc) is 3.12. The normalized spacial score (nSPS) is 17.6. The van der Waals surface area contributed by atoms with Crippen LogP contribution < -0.4 is 4.74 Å². The van der Waals surface area contributed by atoms with Crippen molar-refractivity contribution >= 4 is 17.4 Å². The van der Waals surface area contributed by atoms with Gasteiger partial charge in [-0.25, -0.2) is 0 Å². The Morgan fingerprint density at radius 2 is 1.74 bits per heavy atom. The highest BCUT2D eigenvalue weighted by atomic mass is 16.5. The first-order valence-electron chi connectivity index (χ1n) is 12.7. The molecule has 0 aromatic heterocycles. The first-order chi connectivity index (χ1) is 16.8. The Morgan fingerprint density at radius 3 is 2.34 bits per heavy atom. The zero-order chi connectivity index (χ0) is 25.5. The van der Waals surface area contributed by atoms with Crippen LogP contribution in [-0.2, 0) is 9.59 Å². The van der Waals surface area contributed by atoms with Gasteiger partial charge in [0.15, 0.2) is 0 Å². The Kier molecular flexibility index (Phi) is 9.10. The first-order valence-corrected chi connectivity index (χ1v) is 12.7. The van der Waals surface area contributed by atoms with Gasteiger partial charge in [-0.05, 0) is 48.7 Å². The smallest absolute Gasteiger partial charge is 0.295 e. The van der Waals surface area contributed by atoms with Crippen LogP contribution in [0.2, 0.25) is 0 Å². The van der Waals surface area contributed by atoms with Crippen molar-refractivity contribution in [3.05, 3.63) is 70.8 Å². The second kappa shape index (κ2) is 12.0. The summed E-state index contributed by atoms with van der Waals surface area (Å²) in [5.74, 6) is -0.420. The minimum atomic E-state index is -0.653. The van der Waals surface area contributed by atoms with E-state index >= 15 is 0 Å². The van der Waals surface area contributed by atoms with E-state index in [1.807, 2.05) is 37.3 Å². The maximum absolute atomic E-state index is 13.3. The molecule has 1 amide bonds. The van der Waals surface area contributed by atoms with Crippen LogP contribution in [-0.4, -0.2) is 59.4 Å². The predicted octanol–water partition coefficient (Wildman–Crippen LogP) is 5.36. The van der Waals surface area contributed by atoms with E-state index in [1.54, 1.807) is 23.1 Å². The highest BCUT2D eigenvalue weighted by Gasteiger charge is 2.46. The standard InChI is InChI=1S/C29H38N2O4/c1-6-18-35-24-11-9-10-23(19-24)27(32)25-26(22-14-12-21(13-15-22)20(4)5)31(29(34)28(25)33)17-16-30(7-2)8-3/h9-15,19-20,26,32H,6-8,16-18H2,1-5H3/b27-25+. The van der Waals surface area contributed by atoms with Crippen molar-refractivity contribution in [2.24, 2.45) is 0 Å². The van der Waals surface area contributed by atoms with Crippen molar-refractivity contribution in [2.45, 2.75) is 53.0 Å². The lowest BCUT2D eigenvalue weighted by Crippen LogP contribution is -2.38. The van der Waals surface area contributed by atoms with E-state index in [1.165, 1.54) is 5.56 Å². The molecule has 0 radical (unpaired) electrons. The number of ketones is 1. The Balaban J connectivity index is 2.08. The highest BCUT2D eigenvalue weighted by molar-refractivity contribution is 6.46. The summed E-state index contributed by atoms with van der Waals surface area (Å²) in [4.78, 5) is 30.3. The SMILES string of the molecule is CCCOc1cccc(/C(O)=C2\C(=O)C(=O)N(CCN(CC)CC)C2c2ccc(C(C)C)cc2)c1. The van der Waals surface area contributed by atoms with Crippen LogP contribution in [0.1, 0.15) is 69.7 Å². The molecule has 0 spiro atoms. The van der Waals surface area contributed by atoms with Crippen LogP contribution in [0.5, 0.6) is 5.75 Å². The topological polar surface area (TPSA) is 70.1 Å². The average molecular weight is 479 g/mol. The molecule has 6 nitrogen and oxygen atoms in total. The Hall–Kier alpha value is -3.12. The molecular formula is C29H38N2O4. The molecule has 1 N–H and O–H groups in total. The molecule has 0 aliphatic carbocycles. The number of ether oxygens (including phenoxy) is 1. The van der Waals surface area contributed by atoms with Crippen LogP contribution in [0.3, 0.4) is 0 Å². The highest BCUT2D eigenvalue weighted by Crippen LogP contribution is 2.40. The summed E-state index contributed by atoms with van der Waals surface area (Å²) in [5, 5.41) is 11.3.